The molecule has 108 valence electrons. The van der Waals surface area contributed by atoms with Gasteiger partial charge in [-0.05, 0) is 30.2 Å². The van der Waals surface area contributed by atoms with Crippen LogP contribution >= 0.6 is 24.0 Å². The normalized spacial score (nSPS) is 17.8. The van der Waals surface area contributed by atoms with Gasteiger partial charge in [0.2, 0.25) is 0 Å². The molecular weight excluding hydrogens is 286 g/mol. The van der Waals surface area contributed by atoms with Gasteiger partial charge in [0.05, 0.1) is 0 Å². The molecule has 0 aliphatic carbocycles. The summed E-state index contributed by atoms with van der Waals surface area (Å²) in [6.07, 6.45) is 2.09. The van der Waals surface area contributed by atoms with Gasteiger partial charge in [-0.3, -0.25) is 4.90 Å². The van der Waals surface area contributed by atoms with Gasteiger partial charge in [0.25, 0.3) is 0 Å². The van der Waals surface area contributed by atoms with E-state index in [-0.39, 0.29) is 24.3 Å². The zero-order chi connectivity index (χ0) is 13.0. The second-order valence-electron chi connectivity index (χ2n) is 4.76. The van der Waals surface area contributed by atoms with Crippen LogP contribution in [-0.4, -0.2) is 31.1 Å². The summed E-state index contributed by atoms with van der Waals surface area (Å²) in [5.74, 6) is -0.203. The summed E-state index contributed by atoms with van der Waals surface area (Å²) in [7, 11) is 0. The van der Waals surface area contributed by atoms with Crippen LogP contribution in [0.2, 0.25) is 5.02 Å². The average Bonchev–Trinajstić information content (AvgIpc) is 2.40. The maximum absolute atomic E-state index is 13.4. The lowest BCUT2D eigenvalue weighted by molar-refractivity contribution is 0.164. The molecule has 1 aliphatic rings. The highest BCUT2D eigenvalue weighted by Gasteiger charge is 2.23. The standard InChI is InChI=1S/C14H20ClFN2.ClH/c1-2-3-14(18-8-6-17-7-9-18)12-10-11(16)4-5-13(12)15;/h4-5,10,14,17H,2-3,6-9H2,1H3;1H/t14-;/m0./s1. The van der Waals surface area contributed by atoms with Crippen LogP contribution in [-0.2, 0) is 0 Å². The lowest BCUT2D eigenvalue weighted by atomic mass is 9.99. The van der Waals surface area contributed by atoms with Crippen molar-refractivity contribution in [3.63, 3.8) is 0 Å². The zero-order valence-corrected chi connectivity index (χ0v) is 12.7. The number of halogens is 3. The molecule has 1 aromatic carbocycles. The minimum Gasteiger partial charge on any atom is -0.314 e. The van der Waals surface area contributed by atoms with E-state index in [4.69, 9.17) is 11.6 Å². The first kappa shape index (κ1) is 16.7. The predicted molar refractivity (Wildman–Crippen MR) is 80.7 cm³/mol. The molecule has 0 radical (unpaired) electrons. The molecule has 0 bridgehead atoms. The molecule has 1 N–H and O–H groups in total. The summed E-state index contributed by atoms with van der Waals surface area (Å²) in [6.45, 7) is 6.14. The first-order chi connectivity index (χ1) is 8.72. The van der Waals surface area contributed by atoms with E-state index < -0.39 is 0 Å². The van der Waals surface area contributed by atoms with Crippen molar-refractivity contribution in [3.8, 4) is 0 Å². The number of piperazine rings is 1. The van der Waals surface area contributed by atoms with Gasteiger partial charge in [0.1, 0.15) is 5.82 Å². The Morgan fingerprint density at radius 3 is 2.68 bits per heavy atom. The quantitative estimate of drug-likeness (QED) is 0.913. The highest BCUT2D eigenvalue weighted by Crippen LogP contribution is 2.31. The molecule has 19 heavy (non-hydrogen) atoms. The number of hydrogen-bond donors (Lipinski definition) is 1. The lowest BCUT2D eigenvalue weighted by Gasteiger charge is -2.35. The van der Waals surface area contributed by atoms with Crippen LogP contribution < -0.4 is 5.32 Å². The maximum Gasteiger partial charge on any atom is 0.123 e. The van der Waals surface area contributed by atoms with Gasteiger partial charge in [0.15, 0.2) is 0 Å². The molecule has 0 spiro atoms. The Morgan fingerprint density at radius 2 is 2.05 bits per heavy atom. The van der Waals surface area contributed by atoms with E-state index in [1.165, 1.54) is 6.07 Å². The van der Waals surface area contributed by atoms with Gasteiger partial charge in [0, 0.05) is 37.2 Å². The Kier molecular flexibility index (Phi) is 7.08. The van der Waals surface area contributed by atoms with Crippen LogP contribution in [0, 0.1) is 5.82 Å². The van der Waals surface area contributed by atoms with Crippen molar-refractivity contribution < 1.29 is 4.39 Å². The monoisotopic (exact) mass is 306 g/mol. The maximum atomic E-state index is 13.4. The summed E-state index contributed by atoms with van der Waals surface area (Å²) >= 11 is 6.24. The molecule has 0 aromatic heterocycles. The number of rotatable bonds is 4. The molecular formula is C14H21Cl2FN2. The Labute approximate surface area is 125 Å². The van der Waals surface area contributed by atoms with Gasteiger partial charge in [-0.1, -0.05) is 24.9 Å². The van der Waals surface area contributed by atoms with Crippen LogP contribution in [0.3, 0.4) is 0 Å². The van der Waals surface area contributed by atoms with E-state index in [9.17, 15) is 4.39 Å². The number of hydrogen-bond acceptors (Lipinski definition) is 2. The van der Waals surface area contributed by atoms with E-state index in [1.54, 1.807) is 12.1 Å². The summed E-state index contributed by atoms with van der Waals surface area (Å²) < 4.78 is 13.4. The largest absolute Gasteiger partial charge is 0.314 e. The fourth-order valence-electron chi connectivity index (χ4n) is 2.57. The molecule has 0 saturated carbocycles. The SMILES string of the molecule is CCC[C@@H](c1cc(F)ccc1Cl)N1CCNCC1.Cl. The van der Waals surface area contributed by atoms with Crippen LogP contribution in [0.4, 0.5) is 4.39 Å². The van der Waals surface area contributed by atoms with Crippen LogP contribution in [0.5, 0.6) is 0 Å². The van der Waals surface area contributed by atoms with Crippen molar-refractivity contribution in [1.29, 1.82) is 0 Å². The molecule has 1 aliphatic heterocycles. The third-order valence-corrected chi connectivity index (χ3v) is 3.82. The van der Waals surface area contributed by atoms with Crippen molar-refractivity contribution >= 4 is 24.0 Å². The van der Waals surface area contributed by atoms with E-state index in [1.807, 2.05) is 0 Å². The number of benzene rings is 1. The van der Waals surface area contributed by atoms with Crippen LogP contribution in [0.1, 0.15) is 31.4 Å². The third kappa shape index (κ3) is 4.32. The summed E-state index contributed by atoms with van der Waals surface area (Å²) in [5, 5.41) is 4.01. The van der Waals surface area contributed by atoms with Gasteiger partial charge >= 0.3 is 0 Å². The Hall–Kier alpha value is -0.350. The Balaban J connectivity index is 0.00000180. The minimum absolute atomic E-state index is 0. The third-order valence-electron chi connectivity index (χ3n) is 3.47. The summed E-state index contributed by atoms with van der Waals surface area (Å²) in [4.78, 5) is 2.40. The van der Waals surface area contributed by atoms with Crippen LogP contribution in [0.15, 0.2) is 18.2 Å². The predicted octanol–water partition coefficient (Wildman–Crippen LogP) is 3.65. The van der Waals surface area contributed by atoms with E-state index in [0.717, 1.165) is 44.6 Å². The second kappa shape index (κ2) is 8.05. The molecule has 0 unspecified atom stereocenters. The molecule has 2 nitrogen and oxygen atoms in total. The van der Waals surface area contributed by atoms with Crippen molar-refractivity contribution in [1.82, 2.24) is 10.2 Å². The van der Waals surface area contributed by atoms with Gasteiger partial charge < -0.3 is 5.32 Å². The van der Waals surface area contributed by atoms with Crippen LogP contribution in [0.25, 0.3) is 0 Å². The minimum atomic E-state index is -0.203. The van der Waals surface area contributed by atoms with Gasteiger partial charge in [-0.15, -0.1) is 12.4 Å². The zero-order valence-electron chi connectivity index (χ0n) is 11.2. The summed E-state index contributed by atoms with van der Waals surface area (Å²) in [6, 6.07) is 4.91. The highest BCUT2D eigenvalue weighted by atomic mass is 35.5. The molecule has 1 atom stereocenters. The molecule has 1 heterocycles. The first-order valence-corrected chi connectivity index (χ1v) is 7.00. The molecule has 0 amide bonds. The molecule has 2 rings (SSSR count). The van der Waals surface area contributed by atoms with E-state index in [0.29, 0.717) is 5.02 Å². The van der Waals surface area contributed by atoms with E-state index in [2.05, 4.69) is 17.1 Å². The molecule has 1 fully saturated rings. The topological polar surface area (TPSA) is 15.3 Å². The lowest BCUT2D eigenvalue weighted by Crippen LogP contribution is -2.45. The molecule has 1 saturated heterocycles. The smallest absolute Gasteiger partial charge is 0.123 e. The second-order valence-corrected chi connectivity index (χ2v) is 5.16. The molecule has 5 heteroatoms. The highest BCUT2D eigenvalue weighted by molar-refractivity contribution is 6.31. The Morgan fingerprint density at radius 1 is 1.37 bits per heavy atom. The van der Waals surface area contributed by atoms with Gasteiger partial charge in [-0.2, -0.15) is 0 Å². The Bertz CT molecular complexity index is 395. The van der Waals surface area contributed by atoms with Crippen molar-refractivity contribution in [2.24, 2.45) is 0 Å². The fraction of sp³-hybridized carbons (Fsp3) is 0.571. The first-order valence-electron chi connectivity index (χ1n) is 6.62. The number of nitrogens with zero attached hydrogens (tertiary/aromatic N) is 1. The fourth-order valence-corrected chi connectivity index (χ4v) is 2.82. The van der Waals surface area contributed by atoms with E-state index >= 15 is 0 Å². The van der Waals surface area contributed by atoms with Crippen molar-refractivity contribution in [3.05, 3.63) is 34.6 Å². The van der Waals surface area contributed by atoms with Crippen molar-refractivity contribution in [2.75, 3.05) is 26.2 Å². The summed E-state index contributed by atoms with van der Waals surface area (Å²) in [5.41, 5.74) is 0.931. The average molecular weight is 307 g/mol. The molecule has 1 aromatic rings. The van der Waals surface area contributed by atoms with Crippen molar-refractivity contribution in [2.45, 2.75) is 25.8 Å². The van der Waals surface area contributed by atoms with Gasteiger partial charge in [-0.25, -0.2) is 4.39 Å². The number of nitrogens with one attached hydrogen (secondary N) is 1.